The molecule has 8 aromatic rings. The second-order valence-electron chi connectivity index (χ2n) is 12.9. The van der Waals surface area contributed by atoms with Crippen LogP contribution < -0.4 is 0 Å². The molecule has 0 spiro atoms. The van der Waals surface area contributed by atoms with Crippen molar-refractivity contribution in [3.05, 3.63) is 144 Å². The predicted octanol–water partition coefficient (Wildman–Crippen LogP) is 3.27. The molecule has 0 aromatic carbocycles. The first-order valence-electron chi connectivity index (χ1n) is 16.5. The Kier molecular flexibility index (Phi) is 9.90. The van der Waals surface area contributed by atoms with Crippen LogP contribution in [0.25, 0.3) is 0 Å². The smallest absolute Gasteiger partial charge is 0.379 e. The van der Waals surface area contributed by atoms with Gasteiger partial charge in [0.25, 0.3) is 0 Å². The van der Waals surface area contributed by atoms with Crippen LogP contribution in [0.5, 0.6) is 0 Å². The predicted molar refractivity (Wildman–Crippen MR) is 190 cm³/mol. The second-order valence-corrected chi connectivity index (χ2v) is 12.9. The summed E-state index contributed by atoms with van der Waals surface area (Å²) in [6, 6.07) is 15.8. The summed E-state index contributed by atoms with van der Waals surface area (Å²) in [6.45, 7) is 11.9. The summed E-state index contributed by atoms with van der Waals surface area (Å²) in [4.78, 5) is 0. The van der Waals surface area contributed by atoms with Crippen LogP contribution in [0, 0.1) is 95.8 Å². The quantitative estimate of drug-likeness (QED) is 0.213. The third-order valence-electron chi connectivity index (χ3n) is 8.77. The molecule has 8 aromatic heterocycles. The Morgan fingerprint density at radius 1 is 0.275 bits per heavy atom. The number of rotatable bonds is 8. The van der Waals surface area contributed by atoms with Crippen molar-refractivity contribution in [2.24, 2.45) is 0 Å². The molecule has 0 N–H and O–H groups in total. The minimum atomic E-state index is -1.91. The van der Waals surface area contributed by atoms with E-state index >= 15 is 0 Å². The fourth-order valence-corrected chi connectivity index (χ4v) is 6.46. The van der Waals surface area contributed by atoms with Crippen LogP contribution in [0.4, 0.5) is 0 Å². The van der Waals surface area contributed by atoms with E-state index in [0.717, 1.165) is 45.6 Å². The van der Waals surface area contributed by atoms with E-state index in [9.17, 15) is 0 Å². The Bertz CT molecular complexity index is 1880. The van der Waals surface area contributed by atoms with Gasteiger partial charge in [-0.25, -0.2) is 40.8 Å². The summed E-state index contributed by atoms with van der Waals surface area (Å²) < 4.78 is 15.1. The Morgan fingerprint density at radius 3 is 0.471 bits per heavy atom. The van der Waals surface area contributed by atoms with Crippen molar-refractivity contribution in [2.45, 2.75) is 55.4 Å². The second kappa shape index (κ2) is 14.0. The normalized spacial score (nSPS) is 11.8. The van der Waals surface area contributed by atoms with E-state index in [1.54, 1.807) is 0 Å². The molecule has 0 aliphatic carbocycles. The molecule has 51 heavy (non-hydrogen) atoms. The molecule has 0 bridgehead atoms. The molecule has 0 aliphatic rings. The molecule has 8 rings (SSSR count). The maximum Gasteiger partial charge on any atom is 0.466 e. The average molecular weight is 821 g/mol. The Labute approximate surface area is 328 Å². The Balaban J connectivity index is 0.000000172. The number of hydrogen-bond donors (Lipinski definition) is 0. The Hall–Kier alpha value is -4.85. The molecule has 16 nitrogen and oxygen atoms in total. The Morgan fingerprint density at radius 2 is 0.392 bits per heavy atom. The SMILES string of the molecule is Cc1ccn([B-](n2ccc(C)n2)(n2ccc(C)n2)n2ccc(C)n2)n1.Cc1ccn([B-](n2ccc(C)n2)(n2ccc(C)n2)n2ccc(C)n2)n1.[Sm]. The zero-order valence-electron chi connectivity index (χ0n) is 30.0. The van der Waals surface area contributed by atoms with Gasteiger partial charge in [0, 0.05) is 40.4 Å². The summed E-state index contributed by atoms with van der Waals surface area (Å²) >= 11 is 0. The summed E-state index contributed by atoms with van der Waals surface area (Å²) in [7, 11) is 0. The van der Waals surface area contributed by atoms with Gasteiger partial charge in [-0.2, -0.15) is 0 Å². The van der Waals surface area contributed by atoms with E-state index in [4.69, 9.17) is 40.8 Å². The van der Waals surface area contributed by atoms with Crippen LogP contribution in [0.2, 0.25) is 0 Å². The van der Waals surface area contributed by atoms with E-state index in [2.05, 4.69) is 0 Å². The molecule has 262 valence electrons. The number of hydrogen-bond acceptors (Lipinski definition) is 8. The van der Waals surface area contributed by atoms with Crippen LogP contribution in [-0.4, -0.2) is 90.9 Å². The van der Waals surface area contributed by atoms with Crippen molar-refractivity contribution >= 4 is 13.4 Å². The van der Waals surface area contributed by atoms with Gasteiger partial charge in [0.2, 0.25) is 0 Å². The first-order chi connectivity index (χ1) is 24.0. The standard InChI is InChI=1S/2C16H20BN8.Sm/c2*1-13-5-9-22(18-13)17(23-10-6-14(2)19-23,24-11-7-15(3)20-24)25-12-8-16(4)21-25;/h2*5-12H,1-4H3;/q2*-1;. The molecule has 19 heteroatoms. The maximum atomic E-state index is 4.70. The van der Waals surface area contributed by atoms with Gasteiger partial charge in [0.15, 0.2) is 0 Å². The van der Waals surface area contributed by atoms with Crippen LogP contribution >= 0.6 is 0 Å². The third kappa shape index (κ3) is 6.34. The minimum absolute atomic E-state index is 0. The van der Waals surface area contributed by atoms with Gasteiger partial charge in [-0.15, -0.1) is 0 Å². The summed E-state index contributed by atoms with van der Waals surface area (Å²) in [5.41, 5.74) is 7.35. The number of aromatic nitrogens is 16. The average Bonchev–Trinajstić information content (AvgIpc) is 3.90. The first-order valence-corrected chi connectivity index (χ1v) is 16.5. The van der Waals surface area contributed by atoms with Gasteiger partial charge in [0.05, 0.1) is 45.6 Å². The molecule has 8 heterocycles. The molecule has 0 amide bonds. The van der Waals surface area contributed by atoms with Crippen molar-refractivity contribution in [1.29, 1.82) is 0 Å². The molecule has 0 radical (unpaired) electrons. The first kappa shape index (κ1) is 36.0. The van der Waals surface area contributed by atoms with Gasteiger partial charge in [-0.05, 0) is 153 Å². The zero-order valence-corrected chi connectivity index (χ0v) is 32.6. The van der Waals surface area contributed by atoms with Gasteiger partial charge < -0.3 is 36.7 Å². The summed E-state index contributed by atoms with van der Waals surface area (Å²) in [5, 5.41) is 37.6. The van der Waals surface area contributed by atoms with E-state index < -0.39 is 13.4 Å². The van der Waals surface area contributed by atoms with Crippen molar-refractivity contribution < 1.29 is 40.4 Å². The van der Waals surface area contributed by atoms with E-state index in [0.29, 0.717) is 0 Å². The third-order valence-corrected chi connectivity index (χ3v) is 8.77. The molecular weight excluding hydrogens is 780 g/mol. The van der Waals surface area contributed by atoms with E-state index in [1.165, 1.54) is 0 Å². The van der Waals surface area contributed by atoms with Crippen molar-refractivity contribution in [1.82, 2.24) is 77.5 Å². The molecular formula is C32H40B2N16Sm-2. The summed E-state index contributed by atoms with van der Waals surface area (Å²) in [6.07, 6.45) is 15.6. The van der Waals surface area contributed by atoms with Crippen molar-refractivity contribution in [3.8, 4) is 0 Å². The fraction of sp³-hybridized carbons (Fsp3) is 0.250. The fourth-order valence-electron chi connectivity index (χ4n) is 6.46. The van der Waals surface area contributed by atoms with E-state index in [-0.39, 0.29) is 40.4 Å². The van der Waals surface area contributed by atoms with Crippen LogP contribution in [0.15, 0.2) is 98.1 Å². The van der Waals surface area contributed by atoms with Gasteiger partial charge in [-0.1, -0.05) is 0 Å². The number of aryl methyl sites for hydroxylation is 8. The van der Waals surface area contributed by atoms with Crippen molar-refractivity contribution in [3.63, 3.8) is 0 Å². The molecule has 0 saturated carbocycles. The molecule has 0 unspecified atom stereocenters. The molecule has 0 saturated heterocycles. The number of nitrogens with zero attached hydrogens (tertiary/aromatic N) is 16. The van der Waals surface area contributed by atoms with Crippen LogP contribution in [0.1, 0.15) is 45.6 Å². The molecule has 0 atom stereocenters. The van der Waals surface area contributed by atoms with Gasteiger partial charge in [-0.3, -0.25) is 0 Å². The van der Waals surface area contributed by atoms with Gasteiger partial charge in [0.1, 0.15) is 0 Å². The van der Waals surface area contributed by atoms with Crippen LogP contribution in [0.3, 0.4) is 0 Å². The minimum Gasteiger partial charge on any atom is -0.379 e. The maximum absolute atomic E-state index is 4.70. The van der Waals surface area contributed by atoms with Crippen LogP contribution in [-0.2, 0) is 0 Å². The molecule has 0 fully saturated rings. The summed E-state index contributed by atoms with van der Waals surface area (Å²) in [5.74, 6) is 0. The largest absolute Gasteiger partial charge is 0.466 e. The zero-order chi connectivity index (χ0) is 35.2. The monoisotopic (exact) mass is 822 g/mol. The molecule has 0 aliphatic heterocycles. The van der Waals surface area contributed by atoms with Gasteiger partial charge >= 0.3 is 13.4 Å². The van der Waals surface area contributed by atoms with E-state index in [1.807, 2.05) is 190 Å². The van der Waals surface area contributed by atoms with Crippen molar-refractivity contribution in [2.75, 3.05) is 0 Å². The topological polar surface area (TPSA) is 143 Å².